The molecule has 1 amide bonds. The predicted molar refractivity (Wildman–Crippen MR) is 84.5 cm³/mol. The van der Waals surface area contributed by atoms with Gasteiger partial charge in [0.15, 0.2) is 5.76 Å². The lowest BCUT2D eigenvalue weighted by atomic mass is 10.1. The summed E-state index contributed by atoms with van der Waals surface area (Å²) in [5.74, 6) is -1.37. The molecule has 0 fully saturated rings. The van der Waals surface area contributed by atoms with Gasteiger partial charge in [0.25, 0.3) is 5.91 Å². The molecule has 118 valence electrons. The van der Waals surface area contributed by atoms with Crippen molar-refractivity contribution in [3.8, 4) is 0 Å². The van der Waals surface area contributed by atoms with Crippen molar-refractivity contribution in [2.75, 3.05) is 12.4 Å². The number of thiophene rings is 1. The van der Waals surface area contributed by atoms with E-state index in [-0.39, 0.29) is 5.76 Å². The van der Waals surface area contributed by atoms with Crippen LogP contribution in [-0.4, -0.2) is 19.0 Å². The number of halogens is 1. The summed E-state index contributed by atoms with van der Waals surface area (Å²) in [6.07, 6.45) is 0. The second kappa shape index (κ2) is 5.85. The average Bonchev–Trinajstić information content (AvgIpc) is 3.12. The van der Waals surface area contributed by atoms with Crippen molar-refractivity contribution in [1.29, 1.82) is 0 Å². The van der Waals surface area contributed by atoms with Gasteiger partial charge < -0.3 is 14.5 Å². The molecule has 5 nitrogen and oxygen atoms in total. The normalized spacial score (nSPS) is 10.7. The van der Waals surface area contributed by atoms with Crippen molar-refractivity contribution in [3.05, 3.63) is 51.7 Å². The van der Waals surface area contributed by atoms with Gasteiger partial charge in [-0.3, -0.25) is 4.79 Å². The fourth-order valence-corrected chi connectivity index (χ4v) is 3.01. The second-order valence-corrected chi connectivity index (χ2v) is 5.72. The Morgan fingerprint density at radius 2 is 2.09 bits per heavy atom. The van der Waals surface area contributed by atoms with Crippen molar-refractivity contribution in [2.24, 2.45) is 0 Å². The molecule has 0 aliphatic heterocycles. The Labute approximate surface area is 134 Å². The molecule has 0 radical (unpaired) electrons. The Bertz CT molecular complexity index is 912. The monoisotopic (exact) mass is 333 g/mol. The first-order valence-corrected chi connectivity index (χ1v) is 7.55. The first-order valence-electron chi connectivity index (χ1n) is 6.67. The molecule has 0 saturated heterocycles. The van der Waals surface area contributed by atoms with Crippen molar-refractivity contribution in [2.45, 2.75) is 6.92 Å². The number of carbonyl (C=O) groups excluding carboxylic acids is 2. The lowest BCUT2D eigenvalue weighted by molar-refractivity contribution is 0.0607. The van der Waals surface area contributed by atoms with E-state index in [4.69, 9.17) is 4.42 Å². The number of amides is 1. The van der Waals surface area contributed by atoms with Gasteiger partial charge in [0.1, 0.15) is 16.3 Å². The highest BCUT2D eigenvalue weighted by atomic mass is 32.1. The molecule has 23 heavy (non-hydrogen) atoms. The van der Waals surface area contributed by atoms with E-state index in [9.17, 15) is 14.0 Å². The number of carbonyl (C=O) groups is 2. The van der Waals surface area contributed by atoms with Crippen LogP contribution >= 0.6 is 11.3 Å². The number of hydrogen-bond acceptors (Lipinski definition) is 5. The lowest BCUT2D eigenvalue weighted by Gasteiger charge is -2.04. The number of rotatable bonds is 3. The van der Waals surface area contributed by atoms with Gasteiger partial charge in [-0.05, 0) is 36.6 Å². The molecule has 7 heteroatoms. The van der Waals surface area contributed by atoms with E-state index in [1.807, 2.05) is 0 Å². The molecule has 0 saturated carbocycles. The van der Waals surface area contributed by atoms with Gasteiger partial charge in [0.2, 0.25) is 0 Å². The summed E-state index contributed by atoms with van der Waals surface area (Å²) in [4.78, 5) is 24.3. The molecule has 2 aromatic heterocycles. The summed E-state index contributed by atoms with van der Waals surface area (Å²) in [5.41, 5.74) is 1.30. The van der Waals surface area contributed by atoms with E-state index in [0.29, 0.717) is 27.1 Å². The number of methoxy groups -OCH3 is 1. The third kappa shape index (κ3) is 2.70. The summed E-state index contributed by atoms with van der Waals surface area (Å²) in [7, 11) is 1.27. The highest BCUT2D eigenvalue weighted by Crippen LogP contribution is 2.28. The number of benzene rings is 1. The molecule has 0 atom stereocenters. The Balaban J connectivity index is 1.94. The molecule has 2 heterocycles. The zero-order chi connectivity index (χ0) is 16.6. The predicted octanol–water partition coefficient (Wildman–Crippen LogP) is 3.98. The second-order valence-electron chi connectivity index (χ2n) is 4.81. The molecule has 0 aliphatic rings. The topological polar surface area (TPSA) is 68.5 Å². The van der Waals surface area contributed by atoms with E-state index in [2.05, 4.69) is 10.1 Å². The lowest BCUT2D eigenvalue weighted by Crippen LogP contribution is -2.14. The Morgan fingerprint density at radius 1 is 1.30 bits per heavy atom. The van der Waals surface area contributed by atoms with Gasteiger partial charge in [-0.25, -0.2) is 9.18 Å². The number of furan rings is 1. The summed E-state index contributed by atoms with van der Waals surface area (Å²) in [5, 5.41) is 4.83. The van der Waals surface area contributed by atoms with Crippen LogP contribution in [0.25, 0.3) is 11.0 Å². The van der Waals surface area contributed by atoms with Crippen molar-refractivity contribution in [1.82, 2.24) is 0 Å². The molecule has 3 aromatic rings. The van der Waals surface area contributed by atoms with Crippen LogP contribution < -0.4 is 5.32 Å². The number of ether oxygens (including phenoxy) is 1. The van der Waals surface area contributed by atoms with Crippen LogP contribution in [0.3, 0.4) is 0 Å². The maximum absolute atomic E-state index is 13.3. The fourth-order valence-electron chi connectivity index (χ4n) is 2.25. The molecular weight excluding hydrogens is 321 g/mol. The standard InChI is InChI=1S/C16H12FNO4S/c1-8-10-7-9(17)3-4-12(10)22-13(8)15(19)18-11-5-6-23-14(11)16(20)21-2/h3-7H,1-2H3,(H,18,19). The van der Waals surface area contributed by atoms with Crippen molar-refractivity contribution in [3.63, 3.8) is 0 Å². The van der Waals surface area contributed by atoms with Gasteiger partial charge in [-0.15, -0.1) is 11.3 Å². The smallest absolute Gasteiger partial charge is 0.350 e. The molecule has 1 aromatic carbocycles. The maximum Gasteiger partial charge on any atom is 0.350 e. The molecule has 1 N–H and O–H groups in total. The molecule has 0 unspecified atom stereocenters. The number of anilines is 1. The zero-order valence-electron chi connectivity index (χ0n) is 12.3. The van der Waals surface area contributed by atoms with E-state index < -0.39 is 17.7 Å². The van der Waals surface area contributed by atoms with Crippen LogP contribution in [0, 0.1) is 12.7 Å². The molecular formula is C16H12FNO4S. The quantitative estimate of drug-likeness (QED) is 0.736. The van der Waals surface area contributed by atoms with Gasteiger partial charge in [-0.1, -0.05) is 0 Å². The van der Waals surface area contributed by atoms with E-state index in [0.717, 1.165) is 11.3 Å². The average molecular weight is 333 g/mol. The van der Waals surface area contributed by atoms with E-state index in [1.54, 1.807) is 18.4 Å². The van der Waals surface area contributed by atoms with Gasteiger partial charge in [-0.2, -0.15) is 0 Å². The minimum absolute atomic E-state index is 0.0765. The van der Waals surface area contributed by atoms with Gasteiger partial charge in [0, 0.05) is 10.9 Å². The van der Waals surface area contributed by atoms with Crippen molar-refractivity contribution >= 4 is 39.9 Å². The third-order valence-electron chi connectivity index (χ3n) is 3.39. The SMILES string of the molecule is COC(=O)c1sccc1NC(=O)c1oc2ccc(F)cc2c1C. The summed E-state index contributed by atoms with van der Waals surface area (Å²) >= 11 is 1.16. The van der Waals surface area contributed by atoms with Crippen LogP contribution in [0.4, 0.5) is 10.1 Å². The Kier molecular flexibility index (Phi) is 3.87. The van der Waals surface area contributed by atoms with Crippen LogP contribution in [0.1, 0.15) is 25.8 Å². The molecule has 0 bridgehead atoms. The highest BCUT2D eigenvalue weighted by Gasteiger charge is 2.21. The molecule has 0 aliphatic carbocycles. The fraction of sp³-hybridized carbons (Fsp3) is 0.125. The number of fused-ring (bicyclic) bond motifs is 1. The summed E-state index contributed by atoms with van der Waals surface area (Å²) < 4.78 is 23.5. The summed E-state index contributed by atoms with van der Waals surface area (Å²) in [6.45, 7) is 1.68. The number of aryl methyl sites for hydroxylation is 1. The van der Waals surface area contributed by atoms with Crippen LogP contribution in [0.2, 0.25) is 0 Å². The minimum Gasteiger partial charge on any atom is -0.465 e. The first kappa shape index (κ1) is 15.2. The van der Waals surface area contributed by atoms with Gasteiger partial charge >= 0.3 is 5.97 Å². The number of esters is 1. The van der Waals surface area contributed by atoms with Crippen LogP contribution in [0.15, 0.2) is 34.1 Å². The molecule has 0 spiro atoms. The zero-order valence-corrected chi connectivity index (χ0v) is 13.1. The number of hydrogen-bond donors (Lipinski definition) is 1. The minimum atomic E-state index is -0.529. The largest absolute Gasteiger partial charge is 0.465 e. The maximum atomic E-state index is 13.3. The summed E-state index contributed by atoms with van der Waals surface area (Å²) in [6, 6.07) is 5.65. The van der Waals surface area contributed by atoms with Crippen LogP contribution in [0.5, 0.6) is 0 Å². The van der Waals surface area contributed by atoms with Crippen molar-refractivity contribution < 1.29 is 23.1 Å². The Hall–Kier alpha value is -2.67. The number of nitrogens with one attached hydrogen (secondary N) is 1. The molecule has 3 rings (SSSR count). The van der Waals surface area contributed by atoms with E-state index in [1.165, 1.54) is 25.3 Å². The first-order chi connectivity index (χ1) is 11.0. The highest BCUT2D eigenvalue weighted by molar-refractivity contribution is 7.12. The van der Waals surface area contributed by atoms with Crippen LogP contribution in [-0.2, 0) is 4.74 Å². The Morgan fingerprint density at radius 3 is 2.83 bits per heavy atom. The van der Waals surface area contributed by atoms with E-state index >= 15 is 0 Å². The third-order valence-corrected chi connectivity index (χ3v) is 4.28. The van der Waals surface area contributed by atoms with Gasteiger partial charge in [0.05, 0.1) is 12.8 Å².